The number of amides is 1. The Morgan fingerprint density at radius 2 is 1.97 bits per heavy atom. The maximum Gasteiger partial charge on any atom is 0.225 e. The Labute approximate surface area is 191 Å². The zero-order valence-corrected chi connectivity index (χ0v) is 20.0. The monoisotopic (exact) mass is 442 g/mol. The zero-order chi connectivity index (χ0) is 22.6. The van der Waals surface area contributed by atoms with Gasteiger partial charge in [0.1, 0.15) is 0 Å². The zero-order valence-electron chi connectivity index (χ0n) is 20.0. The Kier molecular flexibility index (Phi) is 5.61. The lowest BCUT2D eigenvalue weighted by atomic mass is 9.89. The van der Waals surface area contributed by atoms with Gasteiger partial charge in [-0.3, -0.25) is 4.79 Å². The van der Waals surface area contributed by atoms with Gasteiger partial charge < -0.3 is 25.0 Å². The van der Waals surface area contributed by atoms with Crippen molar-refractivity contribution in [3.05, 3.63) is 16.8 Å². The van der Waals surface area contributed by atoms with Crippen LogP contribution in [-0.2, 0) is 27.3 Å². The number of carbonyl (C=O) groups excluding carboxylic acids is 1. The summed E-state index contributed by atoms with van der Waals surface area (Å²) in [5.74, 6) is 2.04. The van der Waals surface area contributed by atoms with Gasteiger partial charge in [0, 0.05) is 44.1 Å². The molecule has 4 aliphatic rings. The number of rotatable bonds is 5. The molecule has 0 bridgehead atoms. The third kappa shape index (κ3) is 4.10. The summed E-state index contributed by atoms with van der Waals surface area (Å²) < 4.78 is 11.6. The van der Waals surface area contributed by atoms with Crippen LogP contribution in [-0.4, -0.2) is 59.8 Å². The Hall–Kier alpha value is -1.86. The van der Waals surface area contributed by atoms with E-state index in [2.05, 4.69) is 37.5 Å². The molecule has 1 saturated carbocycles. The second-order valence-electron chi connectivity index (χ2n) is 11.0. The van der Waals surface area contributed by atoms with Gasteiger partial charge in [-0.1, -0.05) is 13.8 Å². The Morgan fingerprint density at radius 3 is 2.59 bits per heavy atom. The first kappa shape index (κ1) is 22.0. The Balaban J connectivity index is 1.42. The molecule has 1 aliphatic carbocycles. The van der Waals surface area contributed by atoms with E-state index in [0.717, 1.165) is 44.0 Å². The van der Waals surface area contributed by atoms with Gasteiger partial charge in [-0.15, -0.1) is 0 Å². The Bertz CT molecular complexity index is 892. The van der Waals surface area contributed by atoms with E-state index in [-0.39, 0.29) is 23.7 Å². The number of aromatic nitrogens is 1. The van der Waals surface area contributed by atoms with Crippen molar-refractivity contribution in [3.63, 3.8) is 0 Å². The van der Waals surface area contributed by atoms with E-state index in [4.69, 9.17) is 20.2 Å². The van der Waals surface area contributed by atoms with E-state index in [1.165, 1.54) is 29.7 Å². The van der Waals surface area contributed by atoms with Crippen LogP contribution in [0.2, 0.25) is 0 Å². The van der Waals surface area contributed by atoms with Crippen molar-refractivity contribution in [3.8, 4) is 0 Å². The number of anilines is 2. The summed E-state index contributed by atoms with van der Waals surface area (Å²) in [4.78, 5) is 22.6. The molecule has 7 heteroatoms. The molecular formula is C25H38N4O3. The van der Waals surface area contributed by atoms with Crippen LogP contribution in [0.15, 0.2) is 0 Å². The van der Waals surface area contributed by atoms with Crippen LogP contribution in [0.3, 0.4) is 0 Å². The SMILES string of the molecule is CC(C)[C@@H]1CN(c2nc(C3CC3)c3c(c2N)CC(C)(C)OC3)CCN1C(=O)CC1CCO1. The molecule has 0 spiro atoms. The molecule has 2 saturated heterocycles. The maximum atomic E-state index is 13.0. The van der Waals surface area contributed by atoms with Gasteiger partial charge in [-0.25, -0.2) is 4.98 Å². The first-order valence-electron chi connectivity index (χ1n) is 12.3. The number of nitrogen functional groups attached to an aromatic ring is 1. The van der Waals surface area contributed by atoms with Crippen molar-refractivity contribution >= 4 is 17.4 Å². The minimum Gasteiger partial charge on any atom is -0.395 e. The summed E-state index contributed by atoms with van der Waals surface area (Å²) in [5.41, 5.74) is 11.0. The molecule has 0 radical (unpaired) electrons. The molecule has 1 amide bonds. The molecule has 1 aromatic heterocycles. The van der Waals surface area contributed by atoms with Crippen LogP contribution >= 0.6 is 0 Å². The lowest BCUT2D eigenvalue weighted by Gasteiger charge is -2.45. The second-order valence-corrected chi connectivity index (χ2v) is 11.0. The van der Waals surface area contributed by atoms with Gasteiger partial charge in [-0.05, 0) is 44.6 Å². The number of pyridine rings is 1. The number of piperazine rings is 1. The molecule has 3 fully saturated rings. The summed E-state index contributed by atoms with van der Waals surface area (Å²) in [6.45, 7) is 12.3. The van der Waals surface area contributed by atoms with Gasteiger partial charge >= 0.3 is 0 Å². The van der Waals surface area contributed by atoms with E-state index >= 15 is 0 Å². The number of nitrogens with zero attached hydrogens (tertiary/aromatic N) is 3. The number of ether oxygens (including phenoxy) is 2. The van der Waals surface area contributed by atoms with Gasteiger partial charge in [0.2, 0.25) is 5.91 Å². The minimum atomic E-state index is -0.213. The van der Waals surface area contributed by atoms with Crippen molar-refractivity contribution in [1.29, 1.82) is 0 Å². The van der Waals surface area contributed by atoms with Gasteiger partial charge in [0.25, 0.3) is 0 Å². The molecule has 0 aromatic carbocycles. The maximum absolute atomic E-state index is 13.0. The van der Waals surface area contributed by atoms with Crippen molar-refractivity contribution in [2.24, 2.45) is 5.92 Å². The van der Waals surface area contributed by atoms with Gasteiger partial charge in [0.05, 0.1) is 42.2 Å². The predicted molar refractivity (Wildman–Crippen MR) is 125 cm³/mol. The fourth-order valence-electron chi connectivity index (χ4n) is 5.38. The molecule has 1 aromatic rings. The van der Waals surface area contributed by atoms with Crippen LogP contribution in [0.5, 0.6) is 0 Å². The lowest BCUT2D eigenvalue weighted by Crippen LogP contribution is -2.58. The number of carbonyl (C=O) groups is 1. The highest BCUT2D eigenvalue weighted by atomic mass is 16.5. The van der Waals surface area contributed by atoms with Gasteiger partial charge in [0.15, 0.2) is 5.82 Å². The van der Waals surface area contributed by atoms with Crippen LogP contribution in [0.4, 0.5) is 11.5 Å². The summed E-state index contributed by atoms with van der Waals surface area (Å²) in [7, 11) is 0. The van der Waals surface area contributed by atoms with E-state index in [1.807, 2.05) is 0 Å². The molecular weight excluding hydrogens is 404 g/mol. The molecule has 32 heavy (non-hydrogen) atoms. The quantitative estimate of drug-likeness (QED) is 0.754. The summed E-state index contributed by atoms with van der Waals surface area (Å²) in [5, 5.41) is 0. The smallest absolute Gasteiger partial charge is 0.225 e. The summed E-state index contributed by atoms with van der Waals surface area (Å²) in [6.07, 6.45) is 4.83. The van der Waals surface area contributed by atoms with Crippen molar-refractivity contribution in [2.75, 3.05) is 36.9 Å². The fourth-order valence-corrected chi connectivity index (χ4v) is 5.38. The standard InChI is InChI=1S/C25H38N4O3/c1-15(2)20-13-28(8-9-29(20)21(30)11-17-7-10-31-17)24-22(26)18-12-25(3,4)32-14-19(18)23(27-24)16-5-6-16/h15-17,20H,5-14,26H2,1-4H3/t17?,20-/m0/s1. The molecule has 2 N–H and O–H groups in total. The molecule has 1 unspecified atom stereocenters. The van der Waals surface area contributed by atoms with E-state index < -0.39 is 0 Å². The highest BCUT2D eigenvalue weighted by molar-refractivity contribution is 5.78. The predicted octanol–water partition coefficient (Wildman–Crippen LogP) is 3.24. The highest BCUT2D eigenvalue weighted by Gasteiger charge is 2.39. The summed E-state index contributed by atoms with van der Waals surface area (Å²) >= 11 is 0. The molecule has 3 aliphatic heterocycles. The summed E-state index contributed by atoms with van der Waals surface area (Å²) in [6, 6.07) is 0.151. The lowest BCUT2D eigenvalue weighted by molar-refractivity contribution is -0.142. The topological polar surface area (TPSA) is 80.9 Å². The molecule has 5 rings (SSSR count). The third-order valence-electron chi connectivity index (χ3n) is 7.64. The van der Waals surface area contributed by atoms with Crippen molar-refractivity contribution in [2.45, 2.75) is 90.1 Å². The number of hydrogen-bond acceptors (Lipinski definition) is 6. The number of nitrogens with two attached hydrogens (primary N) is 1. The largest absolute Gasteiger partial charge is 0.395 e. The molecule has 2 atom stereocenters. The second kappa shape index (κ2) is 8.17. The Morgan fingerprint density at radius 1 is 1.22 bits per heavy atom. The van der Waals surface area contributed by atoms with Crippen molar-refractivity contribution < 1.29 is 14.3 Å². The molecule has 7 nitrogen and oxygen atoms in total. The molecule has 4 heterocycles. The van der Waals surface area contributed by atoms with E-state index in [1.54, 1.807) is 0 Å². The first-order chi connectivity index (χ1) is 15.2. The first-order valence-corrected chi connectivity index (χ1v) is 12.3. The minimum absolute atomic E-state index is 0.109. The van der Waals surface area contributed by atoms with E-state index in [9.17, 15) is 4.79 Å². The fraction of sp³-hybridized carbons (Fsp3) is 0.760. The van der Waals surface area contributed by atoms with E-state index in [0.29, 0.717) is 31.4 Å². The highest BCUT2D eigenvalue weighted by Crippen LogP contribution is 2.46. The van der Waals surface area contributed by atoms with Gasteiger partial charge in [-0.2, -0.15) is 0 Å². The van der Waals surface area contributed by atoms with Crippen LogP contribution in [0, 0.1) is 5.92 Å². The normalized spacial score (nSPS) is 27.3. The van der Waals surface area contributed by atoms with Crippen molar-refractivity contribution in [1.82, 2.24) is 9.88 Å². The molecule has 176 valence electrons. The average molecular weight is 443 g/mol. The number of hydrogen-bond donors (Lipinski definition) is 1. The van der Waals surface area contributed by atoms with Crippen LogP contribution in [0.25, 0.3) is 0 Å². The third-order valence-corrected chi connectivity index (χ3v) is 7.64. The van der Waals surface area contributed by atoms with Crippen LogP contribution < -0.4 is 10.6 Å². The van der Waals surface area contributed by atoms with Crippen LogP contribution in [0.1, 0.15) is 76.1 Å². The number of fused-ring (bicyclic) bond motifs is 1. The average Bonchev–Trinajstić information content (AvgIpc) is 3.55.